The molecule has 0 atom stereocenters. The lowest BCUT2D eigenvalue weighted by Crippen LogP contribution is -1.98. The molecule has 0 radical (unpaired) electrons. The Bertz CT molecular complexity index is 437. The van der Waals surface area contributed by atoms with E-state index in [1.807, 2.05) is 18.2 Å². The van der Waals surface area contributed by atoms with Crippen molar-refractivity contribution < 1.29 is 0 Å². The second-order valence-corrected chi connectivity index (χ2v) is 3.81. The lowest BCUT2D eigenvalue weighted by atomic mass is 10.1. The van der Waals surface area contributed by atoms with Crippen LogP contribution in [0, 0.1) is 0 Å². The predicted octanol–water partition coefficient (Wildman–Crippen LogP) is 3.06. The number of halogens is 1. The first-order valence-electron chi connectivity index (χ1n) is 4.19. The summed E-state index contributed by atoms with van der Waals surface area (Å²) in [4.78, 5) is 0. The summed E-state index contributed by atoms with van der Waals surface area (Å²) in [5.74, 6) is 0. The van der Waals surface area contributed by atoms with Gasteiger partial charge in [0.05, 0.1) is 0 Å². The highest BCUT2D eigenvalue weighted by Gasteiger charge is 2.02. The molecule has 0 aromatic heterocycles. The van der Waals surface area contributed by atoms with Gasteiger partial charge in [-0.1, -0.05) is 46.3 Å². The van der Waals surface area contributed by atoms with Gasteiger partial charge in [0.1, 0.15) is 0 Å². The first-order valence-corrected chi connectivity index (χ1v) is 4.98. The van der Waals surface area contributed by atoms with Crippen molar-refractivity contribution in [2.75, 3.05) is 0 Å². The summed E-state index contributed by atoms with van der Waals surface area (Å²) in [7, 11) is 0. The van der Waals surface area contributed by atoms with Crippen LogP contribution < -0.4 is 5.73 Å². The highest BCUT2D eigenvalue weighted by atomic mass is 79.9. The Kier molecular flexibility index (Phi) is 2.34. The third-order valence-corrected chi connectivity index (χ3v) is 2.93. The first-order chi connectivity index (χ1) is 6.33. The van der Waals surface area contributed by atoms with Gasteiger partial charge in [-0.15, -0.1) is 0 Å². The summed E-state index contributed by atoms with van der Waals surface area (Å²) in [5.41, 5.74) is 6.87. The van der Waals surface area contributed by atoms with Crippen LogP contribution in [0.4, 0.5) is 0 Å². The van der Waals surface area contributed by atoms with Gasteiger partial charge in [0.2, 0.25) is 0 Å². The highest BCUT2D eigenvalue weighted by molar-refractivity contribution is 9.10. The van der Waals surface area contributed by atoms with E-state index in [0.717, 1.165) is 4.47 Å². The Hall–Kier alpha value is -0.860. The molecule has 2 rings (SSSR count). The quantitative estimate of drug-likeness (QED) is 0.808. The van der Waals surface area contributed by atoms with Gasteiger partial charge in [-0.3, -0.25) is 0 Å². The normalized spacial score (nSPS) is 10.6. The molecule has 0 saturated heterocycles. The van der Waals surface area contributed by atoms with E-state index >= 15 is 0 Å². The van der Waals surface area contributed by atoms with E-state index in [-0.39, 0.29) is 0 Å². The van der Waals surface area contributed by atoms with Crippen molar-refractivity contribution in [3.05, 3.63) is 46.4 Å². The second kappa shape index (κ2) is 3.48. The van der Waals surface area contributed by atoms with Crippen LogP contribution in [-0.4, -0.2) is 0 Å². The lowest BCUT2D eigenvalue weighted by molar-refractivity contribution is 1.08. The van der Waals surface area contributed by atoms with Gasteiger partial charge in [0.25, 0.3) is 0 Å². The van der Waals surface area contributed by atoms with E-state index in [4.69, 9.17) is 5.73 Å². The van der Waals surface area contributed by atoms with Crippen LogP contribution in [0.1, 0.15) is 5.56 Å². The monoisotopic (exact) mass is 235 g/mol. The molecule has 2 N–H and O–H groups in total. The Balaban J connectivity index is 2.84. The van der Waals surface area contributed by atoms with E-state index in [2.05, 4.69) is 34.1 Å². The molecule has 0 amide bonds. The summed E-state index contributed by atoms with van der Waals surface area (Å²) in [6, 6.07) is 12.4. The Labute approximate surface area is 85.7 Å². The maximum absolute atomic E-state index is 5.69. The fraction of sp³-hybridized carbons (Fsp3) is 0.0909. The average molecular weight is 236 g/mol. The molecule has 0 fully saturated rings. The number of hydrogen-bond acceptors (Lipinski definition) is 1. The number of nitrogens with two attached hydrogens (primary N) is 1. The molecule has 0 heterocycles. The highest BCUT2D eigenvalue weighted by Crippen LogP contribution is 2.25. The number of fused-ring (bicyclic) bond motifs is 1. The Morgan fingerprint density at radius 1 is 1.08 bits per heavy atom. The van der Waals surface area contributed by atoms with Gasteiger partial charge < -0.3 is 5.73 Å². The molecule has 0 aliphatic rings. The van der Waals surface area contributed by atoms with Crippen molar-refractivity contribution in [2.45, 2.75) is 6.54 Å². The van der Waals surface area contributed by atoms with Crippen molar-refractivity contribution >= 4 is 26.7 Å². The molecular formula is C11H10BrN. The van der Waals surface area contributed by atoms with E-state index in [1.165, 1.54) is 16.3 Å². The van der Waals surface area contributed by atoms with Crippen LogP contribution in [0.5, 0.6) is 0 Å². The molecule has 2 aromatic rings. The van der Waals surface area contributed by atoms with Gasteiger partial charge in [-0.2, -0.15) is 0 Å². The van der Waals surface area contributed by atoms with E-state index < -0.39 is 0 Å². The lowest BCUT2D eigenvalue weighted by Gasteiger charge is -2.05. The van der Waals surface area contributed by atoms with Gasteiger partial charge in [0.15, 0.2) is 0 Å². The molecule has 0 aliphatic carbocycles. The largest absolute Gasteiger partial charge is 0.326 e. The van der Waals surface area contributed by atoms with Crippen molar-refractivity contribution in [2.24, 2.45) is 5.73 Å². The SMILES string of the molecule is NCc1c(Br)ccc2ccccc12. The summed E-state index contributed by atoms with van der Waals surface area (Å²) < 4.78 is 1.09. The molecule has 13 heavy (non-hydrogen) atoms. The van der Waals surface area contributed by atoms with E-state index in [9.17, 15) is 0 Å². The van der Waals surface area contributed by atoms with Crippen molar-refractivity contribution in [1.82, 2.24) is 0 Å². The molecular weight excluding hydrogens is 226 g/mol. The van der Waals surface area contributed by atoms with Gasteiger partial charge in [0, 0.05) is 11.0 Å². The molecule has 0 spiro atoms. The topological polar surface area (TPSA) is 26.0 Å². The van der Waals surface area contributed by atoms with Crippen LogP contribution in [0.3, 0.4) is 0 Å². The molecule has 0 bridgehead atoms. The Morgan fingerprint density at radius 3 is 2.62 bits per heavy atom. The first kappa shape index (κ1) is 8.73. The predicted molar refractivity (Wildman–Crippen MR) is 59.5 cm³/mol. The van der Waals surface area contributed by atoms with Crippen LogP contribution in [0.25, 0.3) is 10.8 Å². The summed E-state index contributed by atoms with van der Waals surface area (Å²) in [6.45, 7) is 0.571. The average Bonchev–Trinajstić information content (AvgIpc) is 2.18. The molecule has 2 heteroatoms. The van der Waals surface area contributed by atoms with Crippen molar-refractivity contribution in [3.63, 3.8) is 0 Å². The summed E-state index contributed by atoms with van der Waals surface area (Å²) >= 11 is 3.50. The smallest absolute Gasteiger partial charge is 0.0226 e. The summed E-state index contributed by atoms with van der Waals surface area (Å²) in [6.07, 6.45) is 0. The molecule has 0 unspecified atom stereocenters. The number of hydrogen-bond donors (Lipinski definition) is 1. The maximum atomic E-state index is 5.69. The van der Waals surface area contributed by atoms with Gasteiger partial charge >= 0.3 is 0 Å². The van der Waals surface area contributed by atoms with Crippen LogP contribution in [0.2, 0.25) is 0 Å². The zero-order valence-electron chi connectivity index (χ0n) is 7.13. The van der Waals surface area contributed by atoms with Crippen LogP contribution >= 0.6 is 15.9 Å². The third kappa shape index (κ3) is 1.47. The molecule has 66 valence electrons. The molecule has 0 aliphatic heterocycles. The molecule has 2 aromatic carbocycles. The maximum Gasteiger partial charge on any atom is 0.0226 e. The van der Waals surface area contributed by atoms with Gasteiger partial charge in [-0.05, 0) is 22.4 Å². The number of rotatable bonds is 1. The van der Waals surface area contributed by atoms with E-state index in [0.29, 0.717) is 6.54 Å². The zero-order chi connectivity index (χ0) is 9.26. The summed E-state index contributed by atoms with van der Waals surface area (Å²) in [5, 5.41) is 2.48. The van der Waals surface area contributed by atoms with E-state index in [1.54, 1.807) is 0 Å². The van der Waals surface area contributed by atoms with Crippen molar-refractivity contribution in [1.29, 1.82) is 0 Å². The minimum Gasteiger partial charge on any atom is -0.326 e. The fourth-order valence-electron chi connectivity index (χ4n) is 1.52. The molecule has 0 saturated carbocycles. The minimum atomic E-state index is 0.571. The standard InChI is InChI=1S/C11H10BrN/c12-11-6-5-8-3-1-2-4-9(8)10(11)7-13/h1-6H,7,13H2. The second-order valence-electron chi connectivity index (χ2n) is 2.95. The number of benzene rings is 2. The van der Waals surface area contributed by atoms with Crippen LogP contribution in [-0.2, 0) is 6.54 Å². The zero-order valence-corrected chi connectivity index (χ0v) is 8.71. The molecule has 1 nitrogen and oxygen atoms in total. The third-order valence-electron chi connectivity index (χ3n) is 2.19. The minimum absolute atomic E-state index is 0.571. The Morgan fingerprint density at radius 2 is 1.85 bits per heavy atom. The van der Waals surface area contributed by atoms with Gasteiger partial charge in [-0.25, -0.2) is 0 Å². The van der Waals surface area contributed by atoms with Crippen LogP contribution in [0.15, 0.2) is 40.9 Å². The van der Waals surface area contributed by atoms with Crippen molar-refractivity contribution in [3.8, 4) is 0 Å². The fourth-order valence-corrected chi connectivity index (χ4v) is 2.02.